The second-order valence-corrected chi connectivity index (χ2v) is 5.69. The van der Waals surface area contributed by atoms with E-state index in [4.69, 9.17) is 4.74 Å². The van der Waals surface area contributed by atoms with Gasteiger partial charge in [0.1, 0.15) is 11.6 Å². The van der Waals surface area contributed by atoms with E-state index in [9.17, 15) is 14.4 Å². The Morgan fingerprint density at radius 2 is 1.86 bits per heavy atom. The van der Waals surface area contributed by atoms with E-state index in [2.05, 4.69) is 10.1 Å². The molecule has 0 fully saturated rings. The highest BCUT2D eigenvalue weighted by Gasteiger charge is 2.27. The van der Waals surface area contributed by atoms with E-state index in [1.807, 2.05) is 13.8 Å². The summed E-state index contributed by atoms with van der Waals surface area (Å²) in [5.41, 5.74) is 0.189. The fourth-order valence-electron chi connectivity index (χ4n) is 1.86. The Morgan fingerprint density at radius 1 is 1.27 bits per heavy atom. The van der Waals surface area contributed by atoms with Crippen LogP contribution in [0, 0.1) is 0 Å². The van der Waals surface area contributed by atoms with Crippen LogP contribution in [0.2, 0.25) is 0 Å². The van der Waals surface area contributed by atoms with Gasteiger partial charge in [0.05, 0.1) is 7.11 Å². The van der Waals surface area contributed by atoms with Crippen molar-refractivity contribution in [2.75, 3.05) is 7.11 Å². The highest BCUT2D eigenvalue weighted by Crippen LogP contribution is 2.20. The normalized spacial score (nSPS) is 15.2. The molecule has 1 amide bonds. The summed E-state index contributed by atoms with van der Waals surface area (Å²) in [6.07, 6.45) is 2.17. The fraction of sp³-hybridized carbons (Fsp3) is 0.688. The van der Waals surface area contributed by atoms with Gasteiger partial charge in [0.2, 0.25) is 0 Å². The van der Waals surface area contributed by atoms with Gasteiger partial charge in [-0.2, -0.15) is 0 Å². The van der Waals surface area contributed by atoms with Gasteiger partial charge >= 0.3 is 12.1 Å². The fourth-order valence-corrected chi connectivity index (χ4v) is 1.86. The third-order valence-electron chi connectivity index (χ3n) is 2.70. The van der Waals surface area contributed by atoms with Crippen LogP contribution in [0.25, 0.3) is 0 Å². The summed E-state index contributed by atoms with van der Waals surface area (Å²) >= 11 is 0. The lowest BCUT2D eigenvalue weighted by molar-refractivity contribution is -0.143. The minimum absolute atomic E-state index is 0.0425. The van der Waals surface area contributed by atoms with Gasteiger partial charge < -0.3 is 14.8 Å². The van der Waals surface area contributed by atoms with E-state index < -0.39 is 23.7 Å². The molecule has 1 N–H and O–H groups in total. The van der Waals surface area contributed by atoms with Crippen LogP contribution >= 0.6 is 0 Å². The first-order valence-electron chi connectivity index (χ1n) is 7.51. The third-order valence-corrected chi connectivity index (χ3v) is 2.70. The maximum absolute atomic E-state index is 11.7. The molecule has 0 spiro atoms. The molecule has 0 bridgehead atoms. The van der Waals surface area contributed by atoms with Crippen molar-refractivity contribution in [2.24, 2.45) is 0 Å². The van der Waals surface area contributed by atoms with E-state index >= 15 is 0 Å². The number of hydrogen-bond donors (Lipinski definition) is 1. The number of rotatable bonds is 4. The van der Waals surface area contributed by atoms with E-state index in [1.165, 1.54) is 13.2 Å². The Hall–Kier alpha value is -1.85. The highest BCUT2D eigenvalue weighted by atomic mass is 16.6. The maximum atomic E-state index is 11.7. The molecule has 6 heteroatoms. The first-order valence-corrected chi connectivity index (χ1v) is 7.51. The van der Waals surface area contributed by atoms with Gasteiger partial charge in [-0.3, -0.25) is 4.79 Å². The van der Waals surface area contributed by atoms with Gasteiger partial charge in [0.25, 0.3) is 0 Å². The van der Waals surface area contributed by atoms with Crippen molar-refractivity contribution in [1.82, 2.24) is 5.32 Å². The molecule has 22 heavy (non-hydrogen) atoms. The molecule has 1 atom stereocenters. The predicted molar refractivity (Wildman–Crippen MR) is 83.5 cm³/mol. The lowest BCUT2D eigenvalue weighted by atomic mass is 10.1. The Morgan fingerprint density at radius 3 is 2.27 bits per heavy atom. The Labute approximate surface area is 132 Å². The van der Waals surface area contributed by atoms with Crippen molar-refractivity contribution in [2.45, 2.75) is 65.5 Å². The molecule has 1 rings (SSSR count). The van der Waals surface area contributed by atoms with Crippen LogP contribution in [0.5, 0.6) is 0 Å². The van der Waals surface area contributed by atoms with Crippen LogP contribution in [-0.4, -0.2) is 36.6 Å². The second-order valence-electron chi connectivity index (χ2n) is 5.69. The summed E-state index contributed by atoms with van der Waals surface area (Å²) in [6, 6.07) is -0.841. The highest BCUT2D eigenvalue weighted by molar-refractivity contribution is 5.93. The monoisotopic (exact) mass is 313 g/mol. The van der Waals surface area contributed by atoms with E-state index in [0.717, 1.165) is 5.57 Å². The predicted octanol–water partition coefficient (Wildman–Crippen LogP) is 2.76. The Kier molecular flexibility index (Phi) is 8.45. The van der Waals surface area contributed by atoms with Crippen molar-refractivity contribution in [1.29, 1.82) is 0 Å². The number of amides is 1. The zero-order valence-electron chi connectivity index (χ0n) is 14.3. The van der Waals surface area contributed by atoms with Gasteiger partial charge in [0, 0.05) is 6.42 Å². The molecular weight excluding hydrogens is 286 g/mol. The van der Waals surface area contributed by atoms with Gasteiger partial charge in [-0.15, -0.1) is 0 Å². The quantitative estimate of drug-likeness (QED) is 0.807. The summed E-state index contributed by atoms with van der Waals surface area (Å²) in [6.45, 7) is 9.20. The van der Waals surface area contributed by atoms with Crippen LogP contribution in [0.1, 0.15) is 53.9 Å². The zero-order chi connectivity index (χ0) is 17.3. The number of ether oxygens (including phenoxy) is 2. The average molecular weight is 313 g/mol. The molecule has 0 aliphatic heterocycles. The SMILES string of the molecule is CC.COC(=O)[C@H](CC1=CC(=O)CC1)NC(=O)OC(C)(C)C. The summed E-state index contributed by atoms with van der Waals surface area (Å²) in [5.74, 6) is -0.517. The standard InChI is InChI=1S/C14H21NO5.C2H6/c1-14(2,3)20-13(18)15-11(12(17)19-4)8-9-5-6-10(16)7-9;1-2/h7,11H,5-6,8H2,1-4H3,(H,15,18);1-2H3/t11-;/m0./s1. The number of alkyl carbamates (subject to hydrolysis) is 1. The first-order chi connectivity index (χ1) is 10.2. The lowest BCUT2D eigenvalue weighted by Crippen LogP contribution is -2.44. The van der Waals surface area contributed by atoms with Gasteiger partial charge in [-0.1, -0.05) is 19.4 Å². The molecule has 0 aromatic rings. The van der Waals surface area contributed by atoms with Gasteiger partial charge in [0.15, 0.2) is 5.78 Å². The van der Waals surface area contributed by atoms with Crippen LogP contribution < -0.4 is 5.32 Å². The first kappa shape index (κ1) is 20.1. The molecule has 0 radical (unpaired) electrons. The van der Waals surface area contributed by atoms with Crippen LogP contribution in [0.3, 0.4) is 0 Å². The second kappa shape index (κ2) is 9.23. The van der Waals surface area contributed by atoms with Crippen molar-refractivity contribution >= 4 is 17.8 Å². The minimum atomic E-state index is -0.841. The molecule has 0 heterocycles. The van der Waals surface area contributed by atoms with Gasteiger partial charge in [-0.25, -0.2) is 9.59 Å². The molecule has 0 saturated carbocycles. The molecule has 0 unspecified atom stereocenters. The van der Waals surface area contributed by atoms with Crippen molar-refractivity contribution in [3.63, 3.8) is 0 Å². The largest absolute Gasteiger partial charge is 0.467 e. The van der Waals surface area contributed by atoms with Gasteiger partial charge in [-0.05, 0) is 39.7 Å². The Bertz CT molecular complexity index is 434. The molecule has 126 valence electrons. The van der Waals surface area contributed by atoms with Crippen molar-refractivity contribution in [3.05, 3.63) is 11.6 Å². The smallest absolute Gasteiger partial charge is 0.408 e. The number of carbonyl (C=O) groups excluding carboxylic acids is 3. The number of carbonyl (C=O) groups is 3. The maximum Gasteiger partial charge on any atom is 0.408 e. The third kappa shape index (κ3) is 7.81. The van der Waals surface area contributed by atoms with E-state index in [0.29, 0.717) is 12.8 Å². The zero-order valence-corrected chi connectivity index (χ0v) is 14.3. The molecule has 0 aromatic heterocycles. The molecule has 0 saturated heterocycles. The number of hydrogen-bond acceptors (Lipinski definition) is 5. The van der Waals surface area contributed by atoms with Crippen molar-refractivity contribution < 1.29 is 23.9 Å². The van der Waals surface area contributed by atoms with E-state index in [1.54, 1.807) is 20.8 Å². The molecule has 1 aliphatic carbocycles. The summed E-state index contributed by atoms with van der Waals surface area (Å²) < 4.78 is 9.76. The summed E-state index contributed by atoms with van der Waals surface area (Å²) in [7, 11) is 1.25. The molecule has 1 aliphatic rings. The molecule has 0 aromatic carbocycles. The number of nitrogens with one attached hydrogen (secondary N) is 1. The molecular formula is C16H27NO5. The van der Waals surface area contributed by atoms with Crippen LogP contribution in [0.15, 0.2) is 11.6 Å². The van der Waals surface area contributed by atoms with Crippen LogP contribution in [0.4, 0.5) is 4.79 Å². The summed E-state index contributed by atoms with van der Waals surface area (Å²) in [4.78, 5) is 34.6. The topological polar surface area (TPSA) is 81.7 Å². The van der Waals surface area contributed by atoms with Crippen LogP contribution in [-0.2, 0) is 19.1 Å². The number of ketones is 1. The lowest BCUT2D eigenvalue weighted by Gasteiger charge is -2.22. The summed E-state index contributed by atoms with van der Waals surface area (Å²) in [5, 5.41) is 2.48. The molecule has 6 nitrogen and oxygen atoms in total. The number of allylic oxidation sites excluding steroid dienone is 1. The number of esters is 1. The Balaban J connectivity index is 0.00000211. The van der Waals surface area contributed by atoms with Crippen molar-refractivity contribution in [3.8, 4) is 0 Å². The average Bonchev–Trinajstić information content (AvgIpc) is 2.82. The number of methoxy groups -OCH3 is 1. The minimum Gasteiger partial charge on any atom is -0.467 e. The van der Waals surface area contributed by atoms with E-state index in [-0.39, 0.29) is 12.2 Å².